The van der Waals surface area contributed by atoms with Gasteiger partial charge in [-0.3, -0.25) is 0 Å². The molecule has 1 aromatic rings. The van der Waals surface area contributed by atoms with E-state index >= 15 is 0 Å². The van der Waals surface area contributed by atoms with Gasteiger partial charge in [-0.15, -0.1) is 0 Å². The zero-order valence-electron chi connectivity index (χ0n) is 11.8. The number of hydrogen-bond acceptors (Lipinski definition) is 2. The smallest absolute Gasteiger partial charge is 0.0618 e. The summed E-state index contributed by atoms with van der Waals surface area (Å²) in [4.78, 5) is 0. The normalized spacial score (nSPS) is 17.1. The minimum absolute atomic E-state index is 0.429. The molecule has 2 nitrogen and oxygen atoms in total. The van der Waals surface area contributed by atoms with Gasteiger partial charge in [0, 0.05) is 19.7 Å². The maximum Gasteiger partial charge on any atom is 0.0618 e. The highest BCUT2D eigenvalue weighted by molar-refractivity contribution is 5.27. The first-order valence-corrected chi connectivity index (χ1v) is 7.02. The maximum atomic E-state index is 5.25. The van der Waals surface area contributed by atoms with E-state index in [0.29, 0.717) is 12.0 Å². The molecule has 0 heterocycles. The van der Waals surface area contributed by atoms with Gasteiger partial charge in [0.25, 0.3) is 0 Å². The molecular formula is C16H25NO. The Hall–Kier alpha value is -0.860. The van der Waals surface area contributed by atoms with Gasteiger partial charge in [-0.1, -0.05) is 38.1 Å². The Morgan fingerprint density at radius 2 is 1.89 bits per heavy atom. The van der Waals surface area contributed by atoms with Crippen LogP contribution in [0.5, 0.6) is 0 Å². The molecule has 0 amide bonds. The Labute approximate surface area is 111 Å². The number of ether oxygens (including phenoxy) is 1. The van der Waals surface area contributed by atoms with Crippen molar-refractivity contribution in [2.75, 3.05) is 13.7 Å². The lowest BCUT2D eigenvalue weighted by molar-refractivity contribution is 0.146. The molecule has 1 fully saturated rings. The predicted molar refractivity (Wildman–Crippen MR) is 75.8 cm³/mol. The lowest BCUT2D eigenvalue weighted by Crippen LogP contribution is -2.37. The quantitative estimate of drug-likeness (QED) is 0.798. The van der Waals surface area contributed by atoms with Crippen molar-refractivity contribution in [3.05, 3.63) is 35.4 Å². The van der Waals surface area contributed by atoms with Crippen molar-refractivity contribution < 1.29 is 4.74 Å². The van der Waals surface area contributed by atoms with Crippen molar-refractivity contribution >= 4 is 0 Å². The first kappa shape index (κ1) is 13.6. The van der Waals surface area contributed by atoms with E-state index < -0.39 is 0 Å². The van der Waals surface area contributed by atoms with Crippen molar-refractivity contribution in [2.24, 2.45) is 5.92 Å². The van der Waals surface area contributed by atoms with Crippen LogP contribution in [0.15, 0.2) is 24.3 Å². The molecule has 1 unspecified atom stereocenters. The van der Waals surface area contributed by atoms with E-state index in [0.717, 1.165) is 19.1 Å². The number of hydrogen-bond donors (Lipinski definition) is 1. The topological polar surface area (TPSA) is 21.3 Å². The van der Waals surface area contributed by atoms with Crippen LogP contribution >= 0.6 is 0 Å². The summed E-state index contributed by atoms with van der Waals surface area (Å²) < 4.78 is 5.25. The number of rotatable bonds is 7. The van der Waals surface area contributed by atoms with E-state index in [9.17, 15) is 0 Å². The molecule has 0 spiro atoms. The van der Waals surface area contributed by atoms with E-state index in [-0.39, 0.29) is 0 Å². The van der Waals surface area contributed by atoms with Gasteiger partial charge >= 0.3 is 0 Å². The summed E-state index contributed by atoms with van der Waals surface area (Å²) in [5.41, 5.74) is 2.87. The van der Waals surface area contributed by atoms with Crippen LogP contribution in [0.2, 0.25) is 0 Å². The lowest BCUT2D eigenvalue weighted by Gasteiger charge is -2.21. The minimum Gasteiger partial charge on any atom is -0.383 e. The second-order valence-electron chi connectivity index (χ2n) is 5.70. The summed E-state index contributed by atoms with van der Waals surface area (Å²) in [6, 6.07) is 9.51. The zero-order valence-corrected chi connectivity index (χ0v) is 11.8. The van der Waals surface area contributed by atoms with Gasteiger partial charge in [0.2, 0.25) is 0 Å². The highest BCUT2D eigenvalue weighted by atomic mass is 16.5. The van der Waals surface area contributed by atoms with E-state index in [1.165, 1.54) is 24.0 Å². The molecule has 1 saturated carbocycles. The van der Waals surface area contributed by atoms with E-state index in [1.807, 2.05) is 0 Å². The fraction of sp³-hybridized carbons (Fsp3) is 0.625. The molecule has 1 N–H and O–H groups in total. The Morgan fingerprint density at radius 1 is 1.22 bits per heavy atom. The zero-order chi connectivity index (χ0) is 13.0. The SMILES string of the molecule is COCC(NCc1ccc(C2CC2)cc1)C(C)C. The third-order valence-electron chi connectivity index (χ3n) is 3.75. The maximum absolute atomic E-state index is 5.25. The average Bonchev–Trinajstić information content (AvgIpc) is 3.19. The molecule has 0 radical (unpaired) electrons. The molecule has 2 heteroatoms. The standard InChI is InChI=1S/C16H25NO/c1-12(2)16(11-18-3)17-10-13-4-6-14(7-5-13)15-8-9-15/h4-7,12,15-17H,8-11H2,1-3H3. The predicted octanol–water partition coefficient (Wildman–Crippen LogP) is 3.32. The Balaban J connectivity index is 1.84. The Kier molecular flexibility index (Phi) is 4.79. The van der Waals surface area contributed by atoms with Crippen molar-refractivity contribution in [3.8, 4) is 0 Å². The van der Waals surface area contributed by atoms with Crippen molar-refractivity contribution in [2.45, 2.75) is 45.2 Å². The molecule has 1 aromatic carbocycles. The molecule has 0 bridgehead atoms. The number of nitrogens with one attached hydrogen (secondary N) is 1. The fourth-order valence-corrected chi connectivity index (χ4v) is 2.24. The molecule has 2 rings (SSSR count). The van der Waals surface area contributed by atoms with Gasteiger partial charge in [-0.25, -0.2) is 0 Å². The molecular weight excluding hydrogens is 222 g/mol. The van der Waals surface area contributed by atoms with Gasteiger partial charge in [-0.2, -0.15) is 0 Å². The van der Waals surface area contributed by atoms with Crippen LogP contribution < -0.4 is 5.32 Å². The average molecular weight is 247 g/mol. The summed E-state index contributed by atoms with van der Waals surface area (Å²) in [5.74, 6) is 1.44. The first-order valence-electron chi connectivity index (χ1n) is 7.02. The molecule has 0 aliphatic heterocycles. The highest BCUT2D eigenvalue weighted by Gasteiger charge is 2.22. The minimum atomic E-state index is 0.429. The van der Waals surface area contributed by atoms with Gasteiger partial charge in [0.1, 0.15) is 0 Å². The van der Waals surface area contributed by atoms with E-state index in [2.05, 4.69) is 43.4 Å². The lowest BCUT2D eigenvalue weighted by atomic mass is 10.0. The van der Waals surface area contributed by atoms with Crippen LogP contribution in [-0.4, -0.2) is 19.8 Å². The molecule has 0 saturated heterocycles. The number of methoxy groups -OCH3 is 1. The molecule has 1 aliphatic rings. The van der Waals surface area contributed by atoms with Crippen molar-refractivity contribution in [1.29, 1.82) is 0 Å². The van der Waals surface area contributed by atoms with Crippen LogP contribution in [0, 0.1) is 5.92 Å². The van der Waals surface area contributed by atoms with Crippen LogP contribution in [-0.2, 0) is 11.3 Å². The second-order valence-corrected chi connectivity index (χ2v) is 5.70. The van der Waals surface area contributed by atoms with Gasteiger partial charge in [-0.05, 0) is 35.8 Å². The molecule has 18 heavy (non-hydrogen) atoms. The van der Waals surface area contributed by atoms with Crippen LogP contribution in [0.1, 0.15) is 43.7 Å². The van der Waals surface area contributed by atoms with Gasteiger partial charge < -0.3 is 10.1 Å². The van der Waals surface area contributed by atoms with Crippen molar-refractivity contribution in [3.63, 3.8) is 0 Å². The summed E-state index contributed by atoms with van der Waals surface area (Å²) in [5, 5.41) is 3.58. The molecule has 1 aliphatic carbocycles. The number of benzene rings is 1. The molecule has 1 atom stereocenters. The summed E-state index contributed by atoms with van der Waals surface area (Å²) >= 11 is 0. The second kappa shape index (κ2) is 6.35. The summed E-state index contributed by atoms with van der Waals surface area (Å²) in [6.07, 6.45) is 2.75. The van der Waals surface area contributed by atoms with Gasteiger partial charge in [0.05, 0.1) is 6.61 Å². The third-order valence-corrected chi connectivity index (χ3v) is 3.75. The van der Waals surface area contributed by atoms with Gasteiger partial charge in [0.15, 0.2) is 0 Å². The Bertz CT molecular complexity index is 354. The highest BCUT2D eigenvalue weighted by Crippen LogP contribution is 2.39. The summed E-state index contributed by atoms with van der Waals surface area (Å²) in [7, 11) is 1.77. The Morgan fingerprint density at radius 3 is 2.39 bits per heavy atom. The van der Waals surface area contributed by atoms with E-state index in [4.69, 9.17) is 4.74 Å². The molecule has 0 aromatic heterocycles. The molecule has 100 valence electrons. The van der Waals surface area contributed by atoms with Crippen LogP contribution in [0.3, 0.4) is 0 Å². The van der Waals surface area contributed by atoms with Crippen LogP contribution in [0.4, 0.5) is 0 Å². The summed E-state index contributed by atoms with van der Waals surface area (Å²) in [6.45, 7) is 6.16. The van der Waals surface area contributed by atoms with Crippen molar-refractivity contribution in [1.82, 2.24) is 5.32 Å². The monoisotopic (exact) mass is 247 g/mol. The fourth-order valence-electron chi connectivity index (χ4n) is 2.24. The third kappa shape index (κ3) is 3.82. The van der Waals surface area contributed by atoms with Crippen LogP contribution in [0.25, 0.3) is 0 Å². The van der Waals surface area contributed by atoms with E-state index in [1.54, 1.807) is 7.11 Å². The largest absolute Gasteiger partial charge is 0.383 e. The first-order chi connectivity index (χ1) is 8.70.